The van der Waals surface area contributed by atoms with Crippen molar-refractivity contribution in [3.05, 3.63) is 63.0 Å². The molecule has 0 saturated heterocycles. The van der Waals surface area contributed by atoms with Crippen molar-refractivity contribution < 1.29 is 28.8 Å². The molecular weight excluding hydrogens is 418 g/mol. The van der Waals surface area contributed by atoms with E-state index < -0.39 is 16.8 Å². The fourth-order valence-corrected chi connectivity index (χ4v) is 3.21. The second-order valence-corrected chi connectivity index (χ2v) is 7.18. The normalized spacial score (nSPS) is 10.6. The second kappa shape index (κ2) is 11.8. The largest absolute Gasteiger partial charge is 0.457 e. The molecule has 1 aromatic carbocycles. The molecule has 0 fully saturated rings. The molecule has 0 aliphatic carbocycles. The predicted octanol–water partition coefficient (Wildman–Crippen LogP) is 2.60. The molecule has 0 unspecified atom stereocenters. The summed E-state index contributed by atoms with van der Waals surface area (Å²) in [6.45, 7) is 4.75. The third kappa shape index (κ3) is 6.74. The predicted molar refractivity (Wildman–Crippen MR) is 116 cm³/mol. The van der Waals surface area contributed by atoms with Gasteiger partial charge in [0, 0.05) is 61.5 Å². The average molecular weight is 445 g/mol. The molecule has 1 N–H and O–H groups in total. The van der Waals surface area contributed by atoms with E-state index in [-0.39, 0.29) is 36.6 Å². The number of nitrogens with zero attached hydrogens (tertiary/aromatic N) is 2. The zero-order chi connectivity index (χ0) is 23.7. The number of Topliss-reactive ketones (excluding diaryl/α,β-unsaturated/α-hetero) is 1. The van der Waals surface area contributed by atoms with Crippen LogP contribution in [0, 0.1) is 24.0 Å². The topological polar surface area (TPSA) is 130 Å². The number of amides is 1. The maximum atomic E-state index is 12.5. The maximum Gasteiger partial charge on any atom is 0.308 e. The van der Waals surface area contributed by atoms with E-state index in [1.54, 1.807) is 13.2 Å². The van der Waals surface area contributed by atoms with Crippen LogP contribution in [0.3, 0.4) is 0 Å². The third-order valence-electron chi connectivity index (χ3n) is 4.92. The van der Waals surface area contributed by atoms with Crippen LogP contribution in [0.2, 0.25) is 0 Å². The Bertz CT molecular complexity index is 980. The molecule has 32 heavy (non-hydrogen) atoms. The van der Waals surface area contributed by atoms with Gasteiger partial charge in [0.25, 0.3) is 11.6 Å². The molecule has 1 amide bonds. The molecule has 0 spiro atoms. The second-order valence-electron chi connectivity index (χ2n) is 7.18. The Morgan fingerprint density at radius 1 is 1.16 bits per heavy atom. The molecule has 2 rings (SSSR count). The number of nitro benzene ring substituents is 1. The number of carbonyl (C=O) groups excluding carboxylic acids is 3. The summed E-state index contributed by atoms with van der Waals surface area (Å²) in [6.07, 6.45) is 0.711. The maximum absolute atomic E-state index is 12.5. The van der Waals surface area contributed by atoms with Crippen LogP contribution in [-0.4, -0.2) is 54.0 Å². The first kappa shape index (κ1) is 24.7. The van der Waals surface area contributed by atoms with Crippen LogP contribution in [0.4, 0.5) is 5.69 Å². The van der Waals surface area contributed by atoms with Gasteiger partial charge in [0.2, 0.25) is 5.78 Å². The molecule has 172 valence electrons. The molecule has 0 saturated carbocycles. The van der Waals surface area contributed by atoms with Crippen LogP contribution < -0.4 is 5.32 Å². The number of hydrogen-bond acceptors (Lipinski definition) is 7. The minimum Gasteiger partial charge on any atom is -0.457 e. The van der Waals surface area contributed by atoms with Gasteiger partial charge < -0.3 is 19.4 Å². The van der Waals surface area contributed by atoms with Crippen molar-refractivity contribution >= 4 is 23.3 Å². The number of nitrogens with one attached hydrogen (secondary N) is 1. The number of esters is 1. The Labute approximate surface area is 185 Å². The summed E-state index contributed by atoms with van der Waals surface area (Å²) in [5, 5.41) is 13.2. The zero-order valence-corrected chi connectivity index (χ0v) is 18.4. The number of ketones is 1. The van der Waals surface area contributed by atoms with Crippen LogP contribution in [-0.2, 0) is 20.8 Å². The summed E-state index contributed by atoms with van der Waals surface area (Å²) in [5.74, 6) is -1.37. The lowest BCUT2D eigenvalue weighted by molar-refractivity contribution is -0.384. The van der Waals surface area contributed by atoms with Gasteiger partial charge in [-0.25, -0.2) is 0 Å². The number of aryl methyl sites for hydroxylation is 1. The van der Waals surface area contributed by atoms with Gasteiger partial charge in [-0.1, -0.05) is 0 Å². The van der Waals surface area contributed by atoms with Gasteiger partial charge in [0.05, 0.1) is 11.3 Å². The van der Waals surface area contributed by atoms with Crippen LogP contribution in [0.5, 0.6) is 0 Å². The first-order valence-corrected chi connectivity index (χ1v) is 10.1. The van der Waals surface area contributed by atoms with Gasteiger partial charge in [-0.05, 0) is 38.5 Å². The Kier molecular flexibility index (Phi) is 9.08. The molecule has 1 heterocycles. The fraction of sp³-hybridized carbons (Fsp3) is 0.409. The molecule has 0 radical (unpaired) electrons. The van der Waals surface area contributed by atoms with E-state index in [1.807, 2.05) is 18.4 Å². The van der Waals surface area contributed by atoms with Crippen molar-refractivity contribution in [2.24, 2.45) is 0 Å². The highest BCUT2D eigenvalue weighted by atomic mass is 16.6. The lowest BCUT2D eigenvalue weighted by Gasteiger charge is -2.09. The number of methoxy groups -OCH3 is 1. The van der Waals surface area contributed by atoms with Crippen molar-refractivity contribution in [1.29, 1.82) is 0 Å². The smallest absolute Gasteiger partial charge is 0.308 e. The molecule has 0 bridgehead atoms. The van der Waals surface area contributed by atoms with Crippen LogP contribution in [0.1, 0.15) is 44.9 Å². The highest BCUT2D eigenvalue weighted by molar-refractivity contribution is 5.99. The van der Waals surface area contributed by atoms with Gasteiger partial charge in [0.15, 0.2) is 6.61 Å². The third-order valence-corrected chi connectivity index (χ3v) is 4.92. The van der Waals surface area contributed by atoms with Crippen LogP contribution >= 0.6 is 0 Å². The molecule has 1 aromatic heterocycles. The van der Waals surface area contributed by atoms with E-state index in [2.05, 4.69) is 5.32 Å². The summed E-state index contributed by atoms with van der Waals surface area (Å²) in [7, 11) is 1.64. The van der Waals surface area contributed by atoms with E-state index in [4.69, 9.17) is 9.47 Å². The minimum absolute atomic E-state index is 0.0108. The average Bonchev–Trinajstić information content (AvgIpc) is 3.06. The highest BCUT2D eigenvalue weighted by Gasteiger charge is 2.17. The van der Waals surface area contributed by atoms with Crippen molar-refractivity contribution in [2.75, 3.05) is 26.9 Å². The van der Waals surface area contributed by atoms with E-state index in [0.29, 0.717) is 12.2 Å². The monoisotopic (exact) mass is 445 g/mol. The summed E-state index contributed by atoms with van der Waals surface area (Å²) in [5.41, 5.74) is 2.39. The molecule has 0 aliphatic heterocycles. The summed E-state index contributed by atoms with van der Waals surface area (Å²) in [4.78, 5) is 46.5. The number of rotatable bonds is 12. The van der Waals surface area contributed by atoms with Crippen molar-refractivity contribution in [3.63, 3.8) is 0 Å². The van der Waals surface area contributed by atoms with E-state index in [1.165, 1.54) is 24.3 Å². The number of non-ortho nitro benzene ring substituents is 1. The molecule has 10 heteroatoms. The quantitative estimate of drug-likeness (QED) is 0.175. The standard InChI is InChI=1S/C22H27N3O7/c1-15-13-19(16(2)24(15)11-4-12-31-3)20(26)14-32-21(27)9-10-23-22(28)17-5-7-18(8-6-17)25(29)30/h5-8,13H,4,9-12,14H2,1-3H3,(H,23,28). The number of hydrogen-bond donors (Lipinski definition) is 1. The number of nitro groups is 1. The van der Waals surface area contributed by atoms with Gasteiger partial charge in [-0.2, -0.15) is 0 Å². The molecule has 0 aliphatic rings. The summed E-state index contributed by atoms with van der Waals surface area (Å²) >= 11 is 0. The van der Waals surface area contributed by atoms with Crippen molar-refractivity contribution in [1.82, 2.24) is 9.88 Å². The van der Waals surface area contributed by atoms with Crippen LogP contribution in [0.25, 0.3) is 0 Å². The SMILES string of the molecule is COCCCn1c(C)cc(C(=O)COC(=O)CCNC(=O)c2ccc([N+](=O)[O-])cc2)c1C. The van der Waals surface area contributed by atoms with Crippen molar-refractivity contribution in [2.45, 2.75) is 33.2 Å². The van der Waals surface area contributed by atoms with Gasteiger partial charge in [-0.15, -0.1) is 0 Å². The minimum atomic E-state index is -0.615. The van der Waals surface area contributed by atoms with Gasteiger partial charge in [0.1, 0.15) is 0 Å². The number of ether oxygens (including phenoxy) is 2. The van der Waals surface area contributed by atoms with Crippen molar-refractivity contribution in [3.8, 4) is 0 Å². The summed E-state index contributed by atoms with van der Waals surface area (Å²) < 4.78 is 12.1. The summed E-state index contributed by atoms with van der Waals surface area (Å²) in [6, 6.07) is 6.89. The zero-order valence-electron chi connectivity index (χ0n) is 18.4. The fourth-order valence-electron chi connectivity index (χ4n) is 3.21. The first-order valence-electron chi connectivity index (χ1n) is 10.1. The lowest BCUT2D eigenvalue weighted by atomic mass is 10.1. The number of aromatic nitrogens is 1. The molecule has 2 aromatic rings. The first-order chi connectivity index (χ1) is 15.2. The number of benzene rings is 1. The van der Waals surface area contributed by atoms with Gasteiger partial charge in [-0.3, -0.25) is 24.5 Å². The molecule has 0 atom stereocenters. The highest BCUT2D eigenvalue weighted by Crippen LogP contribution is 2.17. The Morgan fingerprint density at radius 2 is 1.84 bits per heavy atom. The van der Waals surface area contributed by atoms with E-state index in [9.17, 15) is 24.5 Å². The Morgan fingerprint density at radius 3 is 2.47 bits per heavy atom. The lowest BCUT2D eigenvalue weighted by Crippen LogP contribution is -2.27. The Hall–Kier alpha value is -3.53. The van der Waals surface area contributed by atoms with Gasteiger partial charge >= 0.3 is 5.97 Å². The van der Waals surface area contributed by atoms with Crippen LogP contribution in [0.15, 0.2) is 30.3 Å². The van der Waals surface area contributed by atoms with E-state index >= 15 is 0 Å². The molecule has 10 nitrogen and oxygen atoms in total. The molecular formula is C22H27N3O7. The number of carbonyl (C=O) groups is 3. The Balaban J connectivity index is 1.78. The van der Waals surface area contributed by atoms with E-state index in [0.717, 1.165) is 24.4 Å².